The van der Waals surface area contributed by atoms with Gasteiger partial charge in [-0.3, -0.25) is 9.69 Å². The Balaban J connectivity index is 2.19. The van der Waals surface area contributed by atoms with Crippen molar-refractivity contribution < 1.29 is 4.79 Å². The molecule has 2 nitrogen and oxygen atoms in total. The first-order chi connectivity index (χ1) is 8.16. The van der Waals surface area contributed by atoms with Crippen LogP contribution in [0.4, 0.5) is 0 Å². The third kappa shape index (κ3) is 3.16. The number of hydrogen-bond donors (Lipinski definition) is 0. The van der Waals surface area contributed by atoms with Gasteiger partial charge in [0.1, 0.15) is 5.78 Å². The first kappa shape index (κ1) is 12.3. The SMILES string of the molecule is CC(=O)CC(c1ccc(C)cc1)N1CCCC1. The monoisotopic (exact) mass is 231 g/mol. The number of carbonyl (C=O) groups is 1. The molecule has 1 fully saturated rings. The van der Waals surface area contributed by atoms with E-state index >= 15 is 0 Å². The van der Waals surface area contributed by atoms with E-state index in [2.05, 4.69) is 36.1 Å². The smallest absolute Gasteiger partial charge is 0.131 e. The van der Waals surface area contributed by atoms with E-state index < -0.39 is 0 Å². The minimum Gasteiger partial charge on any atom is -0.300 e. The molecule has 0 aliphatic carbocycles. The van der Waals surface area contributed by atoms with E-state index in [0.717, 1.165) is 13.1 Å². The Kier molecular flexibility index (Phi) is 3.95. The lowest BCUT2D eigenvalue weighted by Gasteiger charge is -2.27. The zero-order chi connectivity index (χ0) is 12.3. The van der Waals surface area contributed by atoms with Gasteiger partial charge in [0.25, 0.3) is 0 Å². The van der Waals surface area contributed by atoms with Gasteiger partial charge in [0.05, 0.1) is 0 Å². The second kappa shape index (κ2) is 5.46. The highest BCUT2D eigenvalue weighted by Gasteiger charge is 2.24. The molecule has 0 radical (unpaired) electrons. The third-order valence-electron chi connectivity index (χ3n) is 3.52. The summed E-state index contributed by atoms with van der Waals surface area (Å²) < 4.78 is 0. The molecule has 0 amide bonds. The van der Waals surface area contributed by atoms with Crippen molar-refractivity contribution in [2.24, 2.45) is 0 Å². The summed E-state index contributed by atoms with van der Waals surface area (Å²) in [6.45, 7) is 6.05. The minimum atomic E-state index is 0.280. The van der Waals surface area contributed by atoms with Crippen molar-refractivity contribution in [2.75, 3.05) is 13.1 Å². The number of aryl methyl sites for hydroxylation is 1. The first-order valence-corrected chi connectivity index (χ1v) is 6.47. The van der Waals surface area contributed by atoms with E-state index in [0.29, 0.717) is 6.42 Å². The lowest BCUT2D eigenvalue weighted by atomic mass is 9.99. The van der Waals surface area contributed by atoms with Gasteiger partial charge in [0.2, 0.25) is 0 Å². The number of nitrogens with zero attached hydrogens (tertiary/aromatic N) is 1. The average Bonchev–Trinajstić information content (AvgIpc) is 2.80. The minimum absolute atomic E-state index is 0.280. The third-order valence-corrected chi connectivity index (χ3v) is 3.52. The Hall–Kier alpha value is -1.15. The number of rotatable bonds is 4. The molecular formula is C15H21NO. The van der Waals surface area contributed by atoms with E-state index in [1.807, 2.05) is 0 Å². The second-order valence-corrected chi connectivity index (χ2v) is 5.08. The highest BCUT2D eigenvalue weighted by atomic mass is 16.1. The number of hydrogen-bond acceptors (Lipinski definition) is 2. The van der Waals surface area contributed by atoms with Crippen molar-refractivity contribution in [1.29, 1.82) is 0 Å². The molecule has 0 N–H and O–H groups in total. The summed E-state index contributed by atoms with van der Waals surface area (Å²) in [5, 5.41) is 0. The molecule has 2 heteroatoms. The van der Waals surface area contributed by atoms with Crippen molar-refractivity contribution in [3.63, 3.8) is 0 Å². The van der Waals surface area contributed by atoms with Gasteiger partial charge in [0, 0.05) is 12.5 Å². The molecule has 17 heavy (non-hydrogen) atoms. The maximum Gasteiger partial charge on any atom is 0.131 e. The number of ketones is 1. The van der Waals surface area contributed by atoms with Gasteiger partial charge in [0.15, 0.2) is 0 Å². The Morgan fingerprint density at radius 3 is 2.35 bits per heavy atom. The van der Waals surface area contributed by atoms with Crippen LogP contribution in [0.1, 0.15) is 43.4 Å². The van der Waals surface area contributed by atoms with Crippen LogP contribution in [0.15, 0.2) is 24.3 Å². The van der Waals surface area contributed by atoms with Gasteiger partial charge in [-0.2, -0.15) is 0 Å². The van der Waals surface area contributed by atoms with Crippen LogP contribution < -0.4 is 0 Å². The van der Waals surface area contributed by atoms with E-state index in [4.69, 9.17) is 0 Å². The Morgan fingerprint density at radius 1 is 1.24 bits per heavy atom. The number of Topliss-reactive ketones (excluding diaryl/α,β-unsaturated/α-hetero) is 1. The molecule has 1 atom stereocenters. The summed E-state index contributed by atoms with van der Waals surface area (Å²) in [6, 6.07) is 8.90. The molecule has 2 rings (SSSR count). The summed E-state index contributed by atoms with van der Waals surface area (Å²) in [6.07, 6.45) is 3.17. The molecule has 0 bridgehead atoms. The molecule has 1 aromatic rings. The molecule has 0 aromatic heterocycles. The van der Waals surface area contributed by atoms with Gasteiger partial charge in [-0.05, 0) is 45.3 Å². The van der Waals surface area contributed by atoms with Gasteiger partial charge in [-0.25, -0.2) is 0 Å². The maximum absolute atomic E-state index is 11.4. The molecule has 1 heterocycles. The van der Waals surface area contributed by atoms with Crippen molar-refractivity contribution in [2.45, 2.75) is 39.2 Å². The molecule has 92 valence electrons. The quantitative estimate of drug-likeness (QED) is 0.793. The summed E-state index contributed by atoms with van der Waals surface area (Å²) >= 11 is 0. The van der Waals surface area contributed by atoms with Crippen LogP contribution in [0.3, 0.4) is 0 Å². The second-order valence-electron chi connectivity index (χ2n) is 5.08. The molecular weight excluding hydrogens is 210 g/mol. The molecule has 1 aromatic carbocycles. The number of carbonyl (C=O) groups excluding carboxylic acids is 1. The number of benzene rings is 1. The topological polar surface area (TPSA) is 20.3 Å². The van der Waals surface area contributed by atoms with Crippen LogP contribution in [-0.4, -0.2) is 23.8 Å². The van der Waals surface area contributed by atoms with Crippen molar-refractivity contribution in [3.8, 4) is 0 Å². The standard InChI is InChI=1S/C15H21NO/c1-12-5-7-14(8-6-12)15(11-13(2)17)16-9-3-4-10-16/h5-8,15H,3-4,9-11H2,1-2H3. The maximum atomic E-state index is 11.4. The first-order valence-electron chi connectivity index (χ1n) is 6.47. The molecule has 1 aliphatic rings. The predicted molar refractivity (Wildman–Crippen MR) is 70.0 cm³/mol. The number of likely N-dealkylation sites (tertiary alicyclic amines) is 1. The van der Waals surface area contributed by atoms with Crippen molar-refractivity contribution >= 4 is 5.78 Å². The fourth-order valence-corrected chi connectivity index (χ4v) is 2.57. The van der Waals surface area contributed by atoms with Gasteiger partial charge in [-0.1, -0.05) is 29.8 Å². The Morgan fingerprint density at radius 2 is 1.82 bits per heavy atom. The van der Waals surface area contributed by atoms with Gasteiger partial charge < -0.3 is 0 Å². The summed E-state index contributed by atoms with van der Waals surface area (Å²) in [5.74, 6) is 0.280. The predicted octanol–water partition coefficient (Wildman–Crippen LogP) is 3.11. The highest BCUT2D eigenvalue weighted by molar-refractivity contribution is 5.76. The van der Waals surface area contributed by atoms with Crippen LogP contribution >= 0.6 is 0 Å². The lowest BCUT2D eigenvalue weighted by Crippen LogP contribution is -2.27. The van der Waals surface area contributed by atoms with Gasteiger partial charge >= 0.3 is 0 Å². The van der Waals surface area contributed by atoms with Crippen LogP contribution in [0.5, 0.6) is 0 Å². The van der Waals surface area contributed by atoms with Crippen molar-refractivity contribution in [3.05, 3.63) is 35.4 Å². The van der Waals surface area contributed by atoms with Crippen LogP contribution in [0.25, 0.3) is 0 Å². The largest absolute Gasteiger partial charge is 0.300 e. The summed E-state index contributed by atoms with van der Waals surface area (Å²) in [5.41, 5.74) is 2.56. The van der Waals surface area contributed by atoms with Gasteiger partial charge in [-0.15, -0.1) is 0 Å². The Labute approximate surface area is 104 Å². The van der Waals surface area contributed by atoms with E-state index in [1.165, 1.54) is 24.0 Å². The van der Waals surface area contributed by atoms with E-state index in [1.54, 1.807) is 6.92 Å². The van der Waals surface area contributed by atoms with E-state index in [-0.39, 0.29) is 11.8 Å². The normalized spacial score (nSPS) is 18.2. The Bertz CT molecular complexity index is 376. The lowest BCUT2D eigenvalue weighted by molar-refractivity contribution is -0.118. The molecule has 1 aliphatic heterocycles. The highest BCUT2D eigenvalue weighted by Crippen LogP contribution is 2.28. The van der Waals surface area contributed by atoms with Crippen LogP contribution in [-0.2, 0) is 4.79 Å². The zero-order valence-corrected chi connectivity index (χ0v) is 10.8. The fraction of sp³-hybridized carbons (Fsp3) is 0.533. The summed E-state index contributed by atoms with van der Waals surface area (Å²) in [4.78, 5) is 13.9. The zero-order valence-electron chi connectivity index (χ0n) is 10.8. The fourth-order valence-electron chi connectivity index (χ4n) is 2.57. The molecule has 1 saturated heterocycles. The molecule has 0 spiro atoms. The summed E-state index contributed by atoms with van der Waals surface area (Å²) in [7, 11) is 0. The average molecular weight is 231 g/mol. The molecule has 1 unspecified atom stereocenters. The van der Waals surface area contributed by atoms with E-state index in [9.17, 15) is 4.79 Å². The molecule has 0 saturated carbocycles. The van der Waals surface area contributed by atoms with Crippen LogP contribution in [0.2, 0.25) is 0 Å². The van der Waals surface area contributed by atoms with Crippen molar-refractivity contribution in [1.82, 2.24) is 4.90 Å². The van der Waals surface area contributed by atoms with Crippen LogP contribution in [0, 0.1) is 6.92 Å².